The number of carbonyl (C=O) groups excluding carboxylic acids is 1. The number of ether oxygens (including phenoxy) is 1. The molecule has 0 bridgehead atoms. The summed E-state index contributed by atoms with van der Waals surface area (Å²) in [5.74, 6) is 0.608. The van der Waals surface area contributed by atoms with Crippen LogP contribution in [0.1, 0.15) is 30.5 Å². The summed E-state index contributed by atoms with van der Waals surface area (Å²) in [6, 6.07) is 19.8. The molecule has 0 saturated carbocycles. The minimum Gasteiger partial charge on any atom is -0.493 e. The molecular formula is C29H28ClNO3. The number of amides is 1. The van der Waals surface area contributed by atoms with Crippen molar-refractivity contribution in [2.45, 2.75) is 27.2 Å². The van der Waals surface area contributed by atoms with E-state index in [9.17, 15) is 4.79 Å². The van der Waals surface area contributed by atoms with Crippen molar-refractivity contribution in [1.29, 1.82) is 0 Å². The minimum atomic E-state index is -0.126. The topological polar surface area (TPSA) is 51.5 Å². The van der Waals surface area contributed by atoms with E-state index in [4.69, 9.17) is 20.8 Å². The number of rotatable bonds is 8. The first kappa shape index (κ1) is 23.7. The summed E-state index contributed by atoms with van der Waals surface area (Å²) >= 11 is 6.07. The minimum absolute atomic E-state index is 0.126. The third kappa shape index (κ3) is 5.18. The molecule has 0 radical (unpaired) electrons. The van der Waals surface area contributed by atoms with E-state index in [1.54, 1.807) is 12.3 Å². The molecule has 0 aliphatic carbocycles. The molecular weight excluding hydrogens is 446 g/mol. The molecule has 0 fully saturated rings. The van der Waals surface area contributed by atoms with Crippen LogP contribution in [0.15, 0.2) is 77.4 Å². The Morgan fingerprint density at radius 2 is 1.85 bits per heavy atom. The van der Waals surface area contributed by atoms with Crippen molar-refractivity contribution in [3.8, 4) is 16.9 Å². The number of halogens is 1. The molecule has 0 spiro atoms. The van der Waals surface area contributed by atoms with Crippen LogP contribution in [0.3, 0.4) is 0 Å². The van der Waals surface area contributed by atoms with Gasteiger partial charge in [-0.25, -0.2) is 0 Å². The van der Waals surface area contributed by atoms with Gasteiger partial charge in [0.25, 0.3) is 0 Å². The fourth-order valence-corrected chi connectivity index (χ4v) is 4.22. The number of hydrogen-bond donors (Lipinski definition) is 1. The monoisotopic (exact) mass is 473 g/mol. The summed E-state index contributed by atoms with van der Waals surface area (Å²) in [4.78, 5) is 12.6. The highest BCUT2D eigenvalue weighted by Crippen LogP contribution is 2.40. The maximum Gasteiger partial charge on any atom is 0.244 e. The summed E-state index contributed by atoms with van der Waals surface area (Å²) in [5, 5.41) is 4.64. The number of benzene rings is 3. The number of allylic oxidation sites excluding steroid dienone is 1. The zero-order chi connectivity index (χ0) is 24.1. The Hall–Kier alpha value is -3.50. The first-order valence-electron chi connectivity index (χ1n) is 11.4. The maximum atomic E-state index is 12.6. The Morgan fingerprint density at radius 3 is 2.56 bits per heavy atom. The van der Waals surface area contributed by atoms with Crippen molar-refractivity contribution in [3.63, 3.8) is 0 Å². The predicted molar refractivity (Wildman–Crippen MR) is 139 cm³/mol. The summed E-state index contributed by atoms with van der Waals surface area (Å²) in [6.45, 7) is 6.96. The molecule has 0 unspecified atom stereocenters. The van der Waals surface area contributed by atoms with Crippen molar-refractivity contribution in [2.24, 2.45) is 0 Å². The van der Waals surface area contributed by atoms with E-state index in [0.29, 0.717) is 18.2 Å². The first-order valence-corrected chi connectivity index (χ1v) is 11.8. The van der Waals surface area contributed by atoms with Crippen LogP contribution in [0.25, 0.3) is 27.7 Å². The van der Waals surface area contributed by atoms with E-state index in [1.807, 2.05) is 69.3 Å². The van der Waals surface area contributed by atoms with Gasteiger partial charge in [0.05, 0.1) is 12.9 Å². The molecule has 1 aromatic heterocycles. The molecule has 3 aromatic carbocycles. The SMILES string of the molecule is CCOc1c(/C(C)=C/C(=O)NCCc2ccccc2)cc2c(-c3ccc(Cl)cc3)coc2c1C. The van der Waals surface area contributed by atoms with Gasteiger partial charge in [0.15, 0.2) is 0 Å². The molecule has 4 rings (SSSR count). The number of fused-ring (bicyclic) bond motifs is 1. The Kier molecular flexibility index (Phi) is 7.39. The van der Waals surface area contributed by atoms with Gasteiger partial charge in [0, 0.05) is 39.7 Å². The van der Waals surface area contributed by atoms with Crippen LogP contribution in [0.5, 0.6) is 5.75 Å². The standard InChI is InChI=1S/C29H28ClNO3/c1-4-33-28-20(3)29-25(26(18-34-29)22-10-12-23(30)13-11-22)17-24(28)19(2)16-27(32)31-15-14-21-8-6-5-7-9-21/h5-13,16-18H,4,14-15H2,1-3H3,(H,31,32)/b19-16+. The van der Waals surface area contributed by atoms with Crippen LogP contribution in [0.2, 0.25) is 5.02 Å². The van der Waals surface area contributed by atoms with Crippen molar-refractivity contribution in [2.75, 3.05) is 13.2 Å². The van der Waals surface area contributed by atoms with Crippen molar-refractivity contribution in [3.05, 3.63) is 94.7 Å². The number of nitrogens with one attached hydrogen (secondary N) is 1. The maximum absolute atomic E-state index is 12.6. The van der Waals surface area contributed by atoms with Gasteiger partial charge >= 0.3 is 0 Å². The van der Waals surface area contributed by atoms with E-state index in [0.717, 1.165) is 51.0 Å². The van der Waals surface area contributed by atoms with Gasteiger partial charge in [-0.15, -0.1) is 0 Å². The van der Waals surface area contributed by atoms with Gasteiger partial charge in [-0.05, 0) is 62.1 Å². The molecule has 5 heteroatoms. The van der Waals surface area contributed by atoms with Gasteiger partial charge in [-0.3, -0.25) is 4.79 Å². The molecule has 1 N–H and O–H groups in total. The molecule has 174 valence electrons. The van der Waals surface area contributed by atoms with Gasteiger partial charge in [0.1, 0.15) is 11.3 Å². The van der Waals surface area contributed by atoms with E-state index >= 15 is 0 Å². The second kappa shape index (κ2) is 10.6. The largest absolute Gasteiger partial charge is 0.493 e. The third-order valence-corrected chi connectivity index (χ3v) is 6.07. The lowest BCUT2D eigenvalue weighted by Gasteiger charge is -2.15. The molecule has 0 atom stereocenters. The molecule has 4 aromatic rings. The van der Waals surface area contributed by atoms with Crippen molar-refractivity contribution < 1.29 is 13.9 Å². The third-order valence-electron chi connectivity index (χ3n) is 5.82. The van der Waals surface area contributed by atoms with Crippen LogP contribution in [0.4, 0.5) is 0 Å². The second-order valence-electron chi connectivity index (χ2n) is 8.20. The lowest BCUT2D eigenvalue weighted by molar-refractivity contribution is -0.116. The van der Waals surface area contributed by atoms with Crippen LogP contribution in [0, 0.1) is 6.92 Å². The number of aryl methyl sites for hydroxylation is 1. The van der Waals surface area contributed by atoms with E-state index in [1.165, 1.54) is 5.56 Å². The quantitative estimate of drug-likeness (QED) is 0.275. The van der Waals surface area contributed by atoms with Crippen molar-refractivity contribution in [1.82, 2.24) is 5.32 Å². The first-order chi connectivity index (χ1) is 16.5. The number of furan rings is 1. The fourth-order valence-electron chi connectivity index (χ4n) is 4.09. The Morgan fingerprint density at radius 1 is 1.12 bits per heavy atom. The van der Waals surface area contributed by atoms with Crippen LogP contribution < -0.4 is 10.1 Å². The smallest absolute Gasteiger partial charge is 0.244 e. The molecule has 0 saturated heterocycles. The van der Waals surface area contributed by atoms with E-state index in [-0.39, 0.29) is 5.91 Å². The average Bonchev–Trinajstić information content (AvgIpc) is 3.26. The average molecular weight is 474 g/mol. The lowest BCUT2D eigenvalue weighted by Crippen LogP contribution is -2.23. The highest BCUT2D eigenvalue weighted by molar-refractivity contribution is 6.30. The molecule has 1 heterocycles. The zero-order valence-corrected chi connectivity index (χ0v) is 20.4. The van der Waals surface area contributed by atoms with Crippen LogP contribution in [-0.4, -0.2) is 19.1 Å². The van der Waals surface area contributed by atoms with Crippen molar-refractivity contribution >= 4 is 34.1 Å². The number of carbonyl (C=O) groups is 1. The van der Waals surface area contributed by atoms with Gasteiger partial charge < -0.3 is 14.5 Å². The Labute approximate surface area is 205 Å². The highest BCUT2D eigenvalue weighted by atomic mass is 35.5. The molecule has 34 heavy (non-hydrogen) atoms. The number of hydrogen-bond acceptors (Lipinski definition) is 3. The molecule has 0 aliphatic rings. The zero-order valence-electron chi connectivity index (χ0n) is 19.7. The van der Waals surface area contributed by atoms with E-state index in [2.05, 4.69) is 17.4 Å². The summed E-state index contributed by atoms with van der Waals surface area (Å²) < 4.78 is 11.9. The van der Waals surface area contributed by atoms with Gasteiger partial charge in [-0.2, -0.15) is 0 Å². The molecule has 1 amide bonds. The van der Waals surface area contributed by atoms with Crippen LogP contribution in [-0.2, 0) is 11.2 Å². The second-order valence-corrected chi connectivity index (χ2v) is 8.63. The fraction of sp³-hybridized carbons (Fsp3) is 0.207. The normalized spacial score (nSPS) is 11.6. The molecule has 4 nitrogen and oxygen atoms in total. The Balaban J connectivity index is 1.65. The summed E-state index contributed by atoms with van der Waals surface area (Å²) in [6.07, 6.45) is 4.18. The van der Waals surface area contributed by atoms with Gasteiger partial charge in [-0.1, -0.05) is 54.1 Å². The summed E-state index contributed by atoms with van der Waals surface area (Å²) in [7, 11) is 0. The molecule has 0 aliphatic heterocycles. The summed E-state index contributed by atoms with van der Waals surface area (Å²) in [5.41, 5.74) is 6.56. The van der Waals surface area contributed by atoms with Gasteiger partial charge in [0.2, 0.25) is 5.91 Å². The Bertz CT molecular complexity index is 1320. The highest BCUT2D eigenvalue weighted by Gasteiger charge is 2.19. The lowest BCUT2D eigenvalue weighted by atomic mass is 9.96. The predicted octanol–water partition coefficient (Wildman–Crippen LogP) is 7.22. The van der Waals surface area contributed by atoms with E-state index < -0.39 is 0 Å². The van der Waals surface area contributed by atoms with Crippen LogP contribution >= 0.6 is 11.6 Å².